The summed E-state index contributed by atoms with van der Waals surface area (Å²) >= 11 is 5.99. The smallest absolute Gasteiger partial charge is 0.240 e. The van der Waals surface area contributed by atoms with E-state index in [1.807, 2.05) is 6.92 Å². The standard InChI is InChI=1S/C14H16ClN3O2S/c1-9-7-17-4-3-11(9)8-18-21(19,20)12-5-13(15)10(2)14(16)6-12/h3-7,18H,8,16H2,1-2H3. The van der Waals surface area contributed by atoms with Gasteiger partial charge in [0.1, 0.15) is 0 Å². The third-order valence-electron chi connectivity index (χ3n) is 3.26. The molecule has 5 nitrogen and oxygen atoms in total. The summed E-state index contributed by atoms with van der Waals surface area (Å²) in [6.45, 7) is 3.79. The highest BCUT2D eigenvalue weighted by molar-refractivity contribution is 7.89. The van der Waals surface area contributed by atoms with E-state index in [1.54, 1.807) is 25.4 Å². The Balaban J connectivity index is 2.25. The second-order valence-corrected chi connectivity index (χ2v) is 6.92. The number of rotatable bonds is 4. The predicted octanol–water partition coefficient (Wildman–Crippen LogP) is 2.41. The molecule has 0 bridgehead atoms. The summed E-state index contributed by atoms with van der Waals surface area (Å²) in [5.41, 5.74) is 8.56. The fourth-order valence-corrected chi connectivity index (χ4v) is 3.14. The molecule has 2 rings (SSSR count). The van der Waals surface area contributed by atoms with E-state index < -0.39 is 10.0 Å². The fourth-order valence-electron chi connectivity index (χ4n) is 1.79. The number of nitrogens with zero attached hydrogens (tertiary/aromatic N) is 1. The molecule has 0 fully saturated rings. The molecule has 7 heteroatoms. The Morgan fingerprint density at radius 3 is 2.67 bits per heavy atom. The lowest BCUT2D eigenvalue weighted by Crippen LogP contribution is -2.24. The Morgan fingerprint density at radius 1 is 1.33 bits per heavy atom. The van der Waals surface area contributed by atoms with Crippen LogP contribution in [0.15, 0.2) is 35.5 Å². The monoisotopic (exact) mass is 325 g/mol. The Hall–Kier alpha value is -1.63. The van der Waals surface area contributed by atoms with E-state index in [1.165, 1.54) is 12.1 Å². The summed E-state index contributed by atoms with van der Waals surface area (Å²) in [7, 11) is -3.67. The first-order chi connectivity index (χ1) is 9.81. The van der Waals surface area contributed by atoms with Crippen LogP contribution in [0.3, 0.4) is 0 Å². The zero-order valence-electron chi connectivity index (χ0n) is 11.7. The maximum Gasteiger partial charge on any atom is 0.240 e. The van der Waals surface area contributed by atoms with E-state index in [2.05, 4.69) is 9.71 Å². The van der Waals surface area contributed by atoms with Crippen LogP contribution in [0.25, 0.3) is 0 Å². The number of hydrogen-bond donors (Lipinski definition) is 2. The summed E-state index contributed by atoms with van der Waals surface area (Å²) in [6, 6.07) is 4.58. The van der Waals surface area contributed by atoms with E-state index >= 15 is 0 Å². The number of sulfonamides is 1. The van der Waals surface area contributed by atoms with Crippen molar-refractivity contribution in [3.63, 3.8) is 0 Å². The van der Waals surface area contributed by atoms with Gasteiger partial charge in [-0.1, -0.05) is 11.6 Å². The van der Waals surface area contributed by atoms with Crippen LogP contribution in [0.2, 0.25) is 5.02 Å². The molecule has 0 saturated heterocycles. The number of pyridine rings is 1. The summed E-state index contributed by atoms with van der Waals surface area (Å²) in [5.74, 6) is 0. The van der Waals surface area contributed by atoms with Crippen LogP contribution in [0.1, 0.15) is 16.7 Å². The van der Waals surface area contributed by atoms with Crippen molar-refractivity contribution < 1.29 is 8.42 Å². The van der Waals surface area contributed by atoms with E-state index in [0.29, 0.717) is 16.3 Å². The molecule has 1 aromatic carbocycles. The zero-order valence-corrected chi connectivity index (χ0v) is 13.3. The minimum Gasteiger partial charge on any atom is -0.398 e. The minimum absolute atomic E-state index is 0.0577. The summed E-state index contributed by atoms with van der Waals surface area (Å²) in [5, 5.41) is 0.329. The highest BCUT2D eigenvalue weighted by Gasteiger charge is 2.17. The van der Waals surface area contributed by atoms with Gasteiger partial charge in [0.25, 0.3) is 0 Å². The molecule has 3 N–H and O–H groups in total. The number of anilines is 1. The van der Waals surface area contributed by atoms with Gasteiger partial charge in [-0.25, -0.2) is 13.1 Å². The lowest BCUT2D eigenvalue weighted by molar-refractivity contribution is 0.581. The number of halogens is 1. The molecular formula is C14H16ClN3O2S. The van der Waals surface area contributed by atoms with Crippen LogP contribution in [0.4, 0.5) is 5.69 Å². The number of hydrogen-bond acceptors (Lipinski definition) is 4. The van der Waals surface area contributed by atoms with Gasteiger partial charge >= 0.3 is 0 Å². The highest BCUT2D eigenvalue weighted by Crippen LogP contribution is 2.26. The van der Waals surface area contributed by atoms with Crippen LogP contribution in [0, 0.1) is 13.8 Å². The molecule has 1 aromatic heterocycles. The first-order valence-corrected chi connectivity index (χ1v) is 8.12. The third-order valence-corrected chi connectivity index (χ3v) is 5.03. The van der Waals surface area contributed by atoms with Gasteiger partial charge in [-0.3, -0.25) is 4.98 Å². The molecule has 1 heterocycles. The number of aromatic nitrogens is 1. The van der Waals surface area contributed by atoms with E-state index in [9.17, 15) is 8.42 Å². The SMILES string of the molecule is Cc1cnccc1CNS(=O)(=O)c1cc(N)c(C)c(Cl)c1. The topological polar surface area (TPSA) is 85.1 Å². The molecular weight excluding hydrogens is 310 g/mol. The largest absolute Gasteiger partial charge is 0.398 e. The lowest BCUT2D eigenvalue weighted by Gasteiger charge is -2.11. The zero-order chi connectivity index (χ0) is 15.6. The first kappa shape index (κ1) is 15.8. The number of aryl methyl sites for hydroxylation is 1. The van der Waals surface area contributed by atoms with Crippen LogP contribution in [0.5, 0.6) is 0 Å². The Labute approximate surface area is 129 Å². The maximum atomic E-state index is 12.3. The summed E-state index contributed by atoms with van der Waals surface area (Å²) < 4.78 is 27.1. The molecule has 0 saturated carbocycles. The molecule has 0 radical (unpaired) electrons. The van der Waals surface area contributed by atoms with E-state index in [-0.39, 0.29) is 11.4 Å². The van der Waals surface area contributed by atoms with Crippen molar-refractivity contribution in [3.05, 3.63) is 52.3 Å². The molecule has 0 unspecified atom stereocenters. The molecule has 0 amide bonds. The minimum atomic E-state index is -3.67. The lowest BCUT2D eigenvalue weighted by atomic mass is 10.2. The van der Waals surface area contributed by atoms with Gasteiger partial charge in [-0.2, -0.15) is 0 Å². The van der Waals surface area contributed by atoms with Gasteiger partial charge in [0.05, 0.1) is 4.90 Å². The van der Waals surface area contributed by atoms with Gasteiger partial charge in [0.2, 0.25) is 10.0 Å². The number of nitrogens with two attached hydrogens (primary N) is 1. The molecule has 2 aromatic rings. The quantitative estimate of drug-likeness (QED) is 0.845. The second kappa shape index (κ2) is 6.01. The van der Waals surface area contributed by atoms with E-state index in [4.69, 9.17) is 17.3 Å². The number of nitrogens with one attached hydrogen (secondary N) is 1. The van der Waals surface area contributed by atoms with Crippen molar-refractivity contribution in [3.8, 4) is 0 Å². The fraction of sp³-hybridized carbons (Fsp3) is 0.214. The molecule has 0 aliphatic rings. The van der Waals surface area contributed by atoms with Crippen molar-refractivity contribution in [1.82, 2.24) is 9.71 Å². The average molecular weight is 326 g/mol. The first-order valence-electron chi connectivity index (χ1n) is 6.26. The van der Waals surface area contributed by atoms with Crippen molar-refractivity contribution in [2.75, 3.05) is 5.73 Å². The van der Waals surface area contributed by atoms with Crippen molar-refractivity contribution in [2.45, 2.75) is 25.3 Å². The maximum absolute atomic E-state index is 12.3. The molecule has 0 spiro atoms. The predicted molar refractivity (Wildman–Crippen MR) is 83.6 cm³/mol. The van der Waals surface area contributed by atoms with Crippen LogP contribution in [-0.2, 0) is 16.6 Å². The summed E-state index contributed by atoms with van der Waals surface area (Å²) in [6.07, 6.45) is 3.31. The van der Waals surface area contributed by atoms with Gasteiger partial charge < -0.3 is 5.73 Å². The van der Waals surface area contributed by atoms with Crippen molar-refractivity contribution in [1.29, 1.82) is 0 Å². The summed E-state index contributed by atoms with van der Waals surface area (Å²) in [4.78, 5) is 4.03. The molecule has 112 valence electrons. The van der Waals surface area contributed by atoms with Gasteiger partial charge in [0.15, 0.2) is 0 Å². The highest BCUT2D eigenvalue weighted by atomic mass is 35.5. The normalized spacial score (nSPS) is 11.6. The molecule has 0 aliphatic carbocycles. The van der Waals surface area contributed by atoms with Crippen molar-refractivity contribution in [2.24, 2.45) is 0 Å². The van der Waals surface area contributed by atoms with Crippen LogP contribution < -0.4 is 10.5 Å². The van der Waals surface area contributed by atoms with Crippen LogP contribution >= 0.6 is 11.6 Å². The second-order valence-electron chi connectivity index (χ2n) is 4.75. The Bertz CT molecular complexity index is 753. The molecule has 0 atom stereocenters. The van der Waals surface area contributed by atoms with E-state index in [0.717, 1.165) is 11.1 Å². The number of benzene rings is 1. The van der Waals surface area contributed by atoms with Crippen molar-refractivity contribution >= 4 is 27.3 Å². The van der Waals surface area contributed by atoms with Gasteiger partial charge in [-0.15, -0.1) is 0 Å². The Morgan fingerprint density at radius 2 is 2.05 bits per heavy atom. The molecule has 21 heavy (non-hydrogen) atoms. The average Bonchev–Trinajstić information content (AvgIpc) is 2.43. The van der Waals surface area contributed by atoms with Crippen LogP contribution in [-0.4, -0.2) is 13.4 Å². The Kier molecular flexibility index (Phi) is 4.51. The number of nitrogen functional groups attached to an aromatic ring is 1. The molecule has 0 aliphatic heterocycles. The van der Waals surface area contributed by atoms with Gasteiger partial charge in [0, 0.05) is 29.6 Å². The third kappa shape index (κ3) is 3.53. The van der Waals surface area contributed by atoms with Gasteiger partial charge in [-0.05, 0) is 48.7 Å².